The smallest absolute Gasteiger partial charge is 0.0951 e. The molecule has 20 heavy (non-hydrogen) atoms. The van der Waals surface area contributed by atoms with Gasteiger partial charge in [-0.3, -0.25) is 0 Å². The molecule has 0 spiro atoms. The van der Waals surface area contributed by atoms with Crippen molar-refractivity contribution in [2.45, 2.75) is 46.2 Å². The minimum atomic E-state index is 0.589. The van der Waals surface area contributed by atoms with Gasteiger partial charge in [0.1, 0.15) is 0 Å². The average molecular weight is 271 g/mol. The van der Waals surface area contributed by atoms with Crippen LogP contribution in [0.15, 0.2) is 36.8 Å². The van der Waals surface area contributed by atoms with E-state index >= 15 is 0 Å². The normalized spacial score (nSPS) is 11.2. The van der Waals surface area contributed by atoms with Crippen molar-refractivity contribution in [3.8, 4) is 0 Å². The van der Waals surface area contributed by atoms with Crippen LogP contribution in [0.1, 0.15) is 49.9 Å². The maximum Gasteiger partial charge on any atom is 0.0951 e. The Bertz CT molecular complexity index is 511. The van der Waals surface area contributed by atoms with E-state index in [1.807, 2.05) is 12.5 Å². The number of nitrogens with one attached hydrogen (secondary N) is 1. The fourth-order valence-corrected chi connectivity index (χ4v) is 2.24. The highest BCUT2D eigenvalue weighted by Gasteiger charge is 2.04. The van der Waals surface area contributed by atoms with Crippen LogP contribution < -0.4 is 5.32 Å². The van der Waals surface area contributed by atoms with E-state index in [9.17, 15) is 0 Å². The first kappa shape index (κ1) is 14.8. The summed E-state index contributed by atoms with van der Waals surface area (Å²) >= 11 is 0. The average Bonchev–Trinajstić information content (AvgIpc) is 2.87. The molecule has 0 saturated heterocycles. The Morgan fingerprint density at radius 2 is 1.95 bits per heavy atom. The second-order valence-electron chi connectivity index (χ2n) is 5.59. The summed E-state index contributed by atoms with van der Waals surface area (Å²) in [6.45, 7) is 9.46. The lowest BCUT2D eigenvalue weighted by Crippen LogP contribution is -2.17. The standard InChI is InChI=1S/C17H25N3/c1-4-9-18-10-17-11-19-13-20(17)12-15-5-7-16(8-6-15)14(2)3/h5-8,11,13-14,18H,4,9-10,12H2,1-3H3. The van der Waals surface area contributed by atoms with Crippen LogP contribution in [-0.4, -0.2) is 16.1 Å². The molecule has 3 nitrogen and oxygen atoms in total. The Hall–Kier alpha value is -1.61. The van der Waals surface area contributed by atoms with E-state index in [-0.39, 0.29) is 0 Å². The van der Waals surface area contributed by atoms with Gasteiger partial charge in [0.25, 0.3) is 0 Å². The monoisotopic (exact) mass is 271 g/mol. The molecule has 0 aliphatic heterocycles. The number of aromatic nitrogens is 2. The minimum Gasteiger partial charge on any atom is -0.329 e. The molecule has 0 unspecified atom stereocenters. The van der Waals surface area contributed by atoms with Crippen LogP contribution in [0.25, 0.3) is 0 Å². The summed E-state index contributed by atoms with van der Waals surface area (Å²) in [7, 11) is 0. The molecule has 108 valence electrons. The molecule has 1 heterocycles. The zero-order chi connectivity index (χ0) is 14.4. The second-order valence-corrected chi connectivity index (χ2v) is 5.59. The zero-order valence-electron chi connectivity index (χ0n) is 12.8. The summed E-state index contributed by atoms with van der Waals surface area (Å²) in [5.41, 5.74) is 3.96. The van der Waals surface area contributed by atoms with Crippen molar-refractivity contribution in [1.82, 2.24) is 14.9 Å². The highest BCUT2D eigenvalue weighted by atomic mass is 15.1. The van der Waals surface area contributed by atoms with E-state index in [1.165, 1.54) is 16.8 Å². The van der Waals surface area contributed by atoms with Crippen molar-refractivity contribution in [3.63, 3.8) is 0 Å². The van der Waals surface area contributed by atoms with Gasteiger partial charge in [-0.1, -0.05) is 45.0 Å². The van der Waals surface area contributed by atoms with E-state index in [0.29, 0.717) is 5.92 Å². The first-order valence-electron chi connectivity index (χ1n) is 7.49. The molecule has 0 fully saturated rings. The Balaban J connectivity index is 2.00. The van der Waals surface area contributed by atoms with Crippen molar-refractivity contribution in [1.29, 1.82) is 0 Å². The molecule has 0 aliphatic rings. The molecule has 0 saturated carbocycles. The zero-order valence-corrected chi connectivity index (χ0v) is 12.8. The summed E-state index contributed by atoms with van der Waals surface area (Å²) < 4.78 is 2.22. The quantitative estimate of drug-likeness (QED) is 0.780. The summed E-state index contributed by atoms with van der Waals surface area (Å²) in [6.07, 6.45) is 5.02. The Kier molecular flexibility index (Phi) is 5.36. The number of nitrogens with zero attached hydrogens (tertiary/aromatic N) is 2. The molecule has 1 aromatic heterocycles. The van der Waals surface area contributed by atoms with Crippen molar-refractivity contribution in [2.24, 2.45) is 0 Å². The largest absolute Gasteiger partial charge is 0.329 e. The third kappa shape index (κ3) is 3.94. The van der Waals surface area contributed by atoms with E-state index in [2.05, 4.69) is 59.9 Å². The fourth-order valence-electron chi connectivity index (χ4n) is 2.24. The maximum absolute atomic E-state index is 4.27. The van der Waals surface area contributed by atoms with Crippen LogP contribution in [0.3, 0.4) is 0 Å². The van der Waals surface area contributed by atoms with E-state index in [1.54, 1.807) is 0 Å². The van der Waals surface area contributed by atoms with Crippen molar-refractivity contribution >= 4 is 0 Å². The van der Waals surface area contributed by atoms with Crippen LogP contribution in [0.2, 0.25) is 0 Å². The third-order valence-corrected chi connectivity index (χ3v) is 3.53. The summed E-state index contributed by atoms with van der Waals surface area (Å²) in [5, 5.41) is 3.43. The lowest BCUT2D eigenvalue weighted by Gasteiger charge is -2.10. The first-order valence-corrected chi connectivity index (χ1v) is 7.49. The number of hydrogen-bond donors (Lipinski definition) is 1. The van der Waals surface area contributed by atoms with Crippen molar-refractivity contribution < 1.29 is 0 Å². The Morgan fingerprint density at radius 3 is 2.60 bits per heavy atom. The molecule has 0 amide bonds. The predicted molar refractivity (Wildman–Crippen MR) is 83.9 cm³/mol. The van der Waals surface area contributed by atoms with Crippen LogP contribution >= 0.6 is 0 Å². The highest BCUT2D eigenvalue weighted by molar-refractivity contribution is 5.25. The van der Waals surface area contributed by atoms with Crippen molar-refractivity contribution in [2.75, 3.05) is 6.54 Å². The van der Waals surface area contributed by atoms with Gasteiger partial charge >= 0.3 is 0 Å². The van der Waals surface area contributed by atoms with Gasteiger partial charge in [0.15, 0.2) is 0 Å². The van der Waals surface area contributed by atoms with E-state index < -0.39 is 0 Å². The molecule has 1 aromatic carbocycles. The summed E-state index contributed by atoms with van der Waals surface area (Å²) in [4.78, 5) is 4.27. The lowest BCUT2D eigenvalue weighted by atomic mass is 10.0. The Morgan fingerprint density at radius 1 is 1.20 bits per heavy atom. The van der Waals surface area contributed by atoms with Gasteiger partial charge in [-0.25, -0.2) is 4.98 Å². The Labute approximate surface area is 122 Å². The van der Waals surface area contributed by atoms with Gasteiger partial charge in [0.05, 0.1) is 12.0 Å². The van der Waals surface area contributed by atoms with Gasteiger partial charge in [-0.2, -0.15) is 0 Å². The molecule has 3 heteroatoms. The predicted octanol–water partition coefficient (Wildman–Crippen LogP) is 3.55. The topological polar surface area (TPSA) is 29.9 Å². The van der Waals surface area contributed by atoms with Crippen LogP contribution in [0.4, 0.5) is 0 Å². The van der Waals surface area contributed by atoms with Gasteiger partial charge in [0, 0.05) is 19.3 Å². The van der Waals surface area contributed by atoms with E-state index in [0.717, 1.165) is 26.1 Å². The maximum atomic E-state index is 4.27. The number of rotatable bonds is 7. The molecule has 0 atom stereocenters. The molecule has 1 N–H and O–H groups in total. The summed E-state index contributed by atoms with van der Waals surface area (Å²) in [6, 6.07) is 8.90. The number of benzene rings is 1. The third-order valence-electron chi connectivity index (χ3n) is 3.53. The minimum absolute atomic E-state index is 0.589. The molecule has 0 bridgehead atoms. The van der Waals surface area contributed by atoms with Gasteiger partial charge in [-0.15, -0.1) is 0 Å². The lowest BCUT2D eigenvalue weighted by molar-refractivity contribution is 0.630. The molecular weight excluding hydrogens is 246 g/mol. The van der Waals surface area contributed by atoms with Gasteiger partial charge in [0.2, 0.25) is 0 Å². The highest BCUT2D eigenvalue weighted by Crippen LogP contribution is 2.15. The molecule has 2 aromatic rings. The van der Waals surface area contributed by atoms with Crippen LogP contribution in [0, 0.1) is 0 Å². The first-order chi connectivity index (χ1) is 9.70. The molecule has 2 rings (SSSR count). The number of hydrogen-bond acceptors (Lipinski definition) is 2. The van der Waals surface area contributed by atoms with Crippen LogP contribution in [0.5, 0.6) is 0 Å². The van der Waals surface area contributed by atoms with Crippen molar-refractivity contribution in [3.05, 3.63) is 53.6 Å². The molecule has 0 radical (unpaired) electrons. The number of imidazole rings is 1. The molecule has 0 aliphatic carbocycles. The second kappa shape index (κ2) is 7.25. The van der Waals surface area contributed by atoms with Crippen LogP contribution in [-0.2, 0) is 13.1 Å². The van der Waals surface area contributed by atoms with Gasteiger partial charge < -0.3 is 9.88 Å². The van der Waals surface area contributed by atoms with Gasteiger partial charge in [-0.05, 0) is 30.0 Å². The van der Waals surface area contributed by atoms with E-state index in [4.69, 9.17) is 0 Å². The SMILES string of the molecule is CCCNCc1cncn1Cc1ccc(C(C)C)cc1. The fraction of sp³-hybridized carbons (Fsp3) is 0.471. The summed E-state index contributed by atoms with van der Waals surface area (Å²) in [5.74, 6) is 0.589. The molecular formula is C17H25N3.